The van der Waals surface area contributed by atoms with Gasteiger partial charge in [-0.3, -0.25) is 4.79 Å². The summed E-state index contributed by atoms with van der Waals surface area (Å²) in [6, 6.07) is 14.2. The second-order valence-electron chi connectivity index (χ2n) is 4.90. The molecule has 4 nitrogen and oxygen atoms in total. The second kappa shape index (κ2) is 9.07. The van der Waals surface area contributed by atoms with Crippen molar-refractivity contribution in [3.8, 4) is 11.8 Å². The normalized spacial score (nSPS) is 10.7. The zero-order chi connectivity index (χ0) is 18.2. The number of ether oxygens (including phenoxy) is 1. The maximum absolute atomic E-state index is 12.2. The topological polar surface area (TPSA) is 62.1 Å². The van der Waals surface area contributed by atoms with E-state index in [0.717, 1.165) is 0 Å². The number of hydrogen-bond acceptors (Lipinski definition) is 3. The van der Waals surface area contributed by atoms with Crippen molar-refractivity contribution in [3.63, 3.8) is 0 Å². The number of carbonyl (C=O) groups is 1. The van der Waals surface area contributed by atoms with Crippen LogP contribution in [0.3, 0.4) is 0 Å². The van der Waals surface area contributed by atoms with Crippen LogP contribution in [-0.2, 0) is 4.79 Å². The summed E-state index contributed by atoms with van der Waals surface area (Å²) >= 11 is 9.58. The molecule has 0 aliphatic heterocycles. The standard InChI is InChI=1S/C19H14BrClN2O2/c1-2-8-25-18-16(20)10-13(11-17(18)21)9-14(12-22)19(24)23-15-6-4-3-5-7-15/h2-7,9-11H,1,8H2,(H,23,24)/b14-9-. The van der Waals surface area contributed by atoms with Crippen molar-refractivity contribution in [2.75, 3.05) is 11.9 Å². The first-order valence-corrected chi connectivity index (χ1v) is 8.43. The summed E-state index contributed by atoms with van der Waals surface area (Å²) in [5.74, 6) is -0.0149. The van der Waals surface area contributed by atoms with E-state index in [4.69, 9.17) is 16.3 Å². The number of anilines is 1. The molecule has 0 spiro atoms. The Labute approximate surface area is 159 Å². The molecule has 25 heavy (non-hydrogen) atoms. The van der Waals surface area contributed by atoms with Gasteiger partial charge in [0.15, 0.2) is 5.75 Å². The molecule has 0 heterocycles. The molecular formula is C19H14BrClN2O2. The molecule has 0 atom stereocenters. The van der Waals surface area contributed by atoms with Gasteiger partial charge in [0.2, 0.25) is 0 Å². The Morgan fingerprint density at radius 2 is 2.08 bits per heavy atom. The van der Waals surface area contributed by atoms with Crippen LogP contribution in [-0.4, -0.2) is 12.5 Å². The predicted octanol–water partition coefficient (Wildman–Crippen LogP) is 5.21. The molecule has 0 radical (unpaired) electrons. The Bertz CT molecular complexity index is 834. The largest absolute Gasteiger partial charge is 0.487 e. The Hall–Kier alpha value is -2.55. The van der Waals surface area contributed by atoms with Crippen molar-refractivity contribution in [3.05, 3.63) is 75.8 Å². The molecule has 0 aliphatic rings. The molecule has 126 valence electrons. The minimum absolute atomic E-state index is 0.0356. The van der Waals surface area contributed by atoms with Gasteiger partial charge in [-0.25, -0.2) is 0 Å². The number of hydrogen-bond donors (Lipinski definition) is 1. The summed E-state index contributed by atoms with van der Waals surface area (Å²) in [5, 5.41) is 12.3. The first-order valence-electron chi connectivity index (χ1n) is 7.26. The van der Waals surface area contributed by atoms with Crippen LogP contribution in [0.15, 0.2) is 65.2 Å². The van der Waals surface area contributed by atoms with Gasteiger partial charge in [0.05, 0.1) is 9.50 Å². The Kier molecular flexibility index (Phi) is 6.81. The highest BCUT2D eigenvalue weighted by Gasteiger charge is 2.12. The molecule has 0 aliphatic carbocycles. The molecule has 0 fully saturated rings. The molecule has 1 N–H and O–H groups in total. The summed E-state index contributed by atoms with van der Waals surface area (Å²) in [5.41, 5.74) is 1.18. The fraction of sp³-hybridized carbons (Fsp3) is 0.0526. The maximum Gasteiger partial charge on any atom is 0.266 e. The van der Waals surface area contributed by atoms with Gasteiger partial charge in [-0.05, 0) is 51.8 Å². The van der Waals surface area contributed by atoms with Crippen molar-refractivity contribution in [2.24, 2.45) is 0 Å². The minimum Gasteiger partial charge on any atom is -0.487 e. The van der Waals surface area contributed by atoms with Gasteiger partial charge in [-0.15, -0.1) is 0 Å². The van der Waals surface area contributed by atoms with E-state index in [2.05, 4.69) is 27.8 Å². The summed E-state index contributed by atoms with van der Waals surface area (Å²) in [6.45, 7) is 3.90. The predicted molar refractivity (Wildman–Crippen MR) is 104 cm³/mol. The number of para-hydroxylation sites is 1. The van der Waals surface area contributed by atoms with Gasteiger partial charge < -0.3 is 10.1 Å². The Balaban J connectivity index is 2.26. The van der Waals surface area contributed by atoms with Crippen LogP contribution >= 0.6 is 27.5 Å². The lowest BCUT2D eigenvalue weighted by molar-refractivity contribution is -0.112. The summed E-state index contributed by atoms with van der Waals surface area (Å²) in [4.78, 5) is 12.2. The third-order valence-electron chi connectivity index (χ3n) is 3.07. The lowest BCUT2D eigenvalue weighted by atomic mass is 10.1. The highest BCUT2D eigenvalue weighted by atomic mass is 79.9. The summed E-state index contributed by atoms with van der Waals surface area (Å²) in [7, 11) is 0. The highest BCUT2D eigenvalue weighted by Crippen LogP contribution is 2.35. The van der Waals surface area contributed by atoms with Crippen molar-refractivity contribution in [1.82, 2.24) is 0 Å². The smallest absolute Gasteiger partial charge is 0.266 e. The van der Waals surface area contributed by atoms with E-state index in [1.165, 1.54) is 6.08 Å². The van der Waals surface area contributed by atoms with Gasteiger partial charge in [-0.1, -0.05) is 42.5 Å². The highest BCUT2D eigenvalue weighted by molar-refractivity contribution is 9.10. The Morgan fingerprint density at radius 1 is 1.36 bits per heavy atom. The number of amides is 1. The van der Waals surface area contributed by atoms with Crippen LogP contribution in [0.5, 0.6) is 5.75 Å². The van der Waals surface area contributed by atoms with E-state index in [-0.39, 0.29) is 5.57 Å². The van der Waals surface area contributed by atoms with Gasteiger partial charge in [-0.2, -0.15) is 5.26 Å². The second-order valence-corrected chi connectivity index (χ2v) is 6.16. The quantitative estimate of drug-likeness (QED) is 0.398. The number of nitriles is 1. The van der Waals surface area contributed by atoms with Gasteiger partial charge in [0, 0.05) is 5.69 Å². The van der Waals surface area contributed by atoms with E-state index in [9.17, 15) is 10.1 Å². The number of rotatable bonds is 6. The summed E-state index contributed by atoms with van der Waals surface area (Å²) < 4.78 is 6.09. The SMILES string of the molecule is C=CCOc1c(Cl)cc(/C=C(/C#N)C(=O)Nc2ccccc2)cc1Br. The zero-order valence-corrected chi connectivity index (χ0v) is 15.5. The lowest BCUT2D eigenvalue weighted by Gasteiger charge is -2.09. The molecule has 0 saturated carbocycles. The number of nitrogens with one attached hydrogen (secondary N) is 1. The first-order chi connectivity index (χ1) is 12.0. The van der Waals surface area contributed by atoms with Crippen molar-refractivity contribution >= 4 is 45.2 Å². The van der Waals surface area contributed by atoms with Crippen molar-refractivity contribution in [2.45, 2.75) is 0 Å². The molecule has 2 aromatic rings. The molecule has 2 aromatic carbocycles. The molecule has 2 rings (SSSR count). The lowest BCUT2D eigenvalue weighted by Crippen LogP contribution is -2.13. The van der Waals surface area contributed by atoms with Gasteiger partial charge >= 0.3 is 0 Å². The van der Waals surface area contributed by atoms with Crippen LogP contribution < -0.4 is 10.1 Å². The molecular weight excluding hydrogens is 404 g/mol. The van der Waals surface area contributed by atoms with Crippen LogP contribution in [0.1, 0.15) is 5.56 Å². The summed E-state index contributed by atoms with van der Waals surface area (Å²) in [6.07, 6.45) is 3.07. The van der Waals surface area contributed by atoms with E-state index >= 15 is 0 Å². The number of halogens is 2. The van der Waals surface area contributed by atoms with E-state index in [1.807, 2.05) is 12.1 Å². The average molecular weight is 418 g/mol. The zero-order valence-electron chi connectivity index (χ0n) is 13.1. The molecule has 1 amide bonds. The number of carbonyl (C=O) groups excluding carboxylic acids is 1. The van der Waals surface area contributed by atoms with Crippen molar-refractivity contribution in [1.29, 1.82) is 5.26 Å². The first kappa shape index (κ1) is 18.8. The molecule has 0 bridgehead atoms. The monoisotopic (exact) mass is 416 g/mol. The Morgan fingerprint density at radius 3 is 2.68 bits per heavy atom. The van der Waals surface area contributed by atoms with Crippen LogP contribution in [0, 0.1) is 11.3 Å². The third kappa shape index (κ3) is 5.21. The fourth-order valence-corrected chi connectivity index (χ4v) is 2.97. The molecule has 0 unspecified atom stereocenters. The van der Waals surface area contributed by atoms with E-state index in [1.54, 1.807) is 42.5 Å². The maximum atomic E-state index is 12.2. The third-order valence-corrected chi connectivity index (χ3v) is 3.94. The van der Waals surface area contributed by atoms with Gasteiger partial charge in [0.25, 0.3) is 5.91 Å². The van der Waals surface area contributed by atoms with Gasteiger partial charge in [0.1, 0.15) is 18.2 Å². The van der Waals surface area contributed by atoms with Crippen LogP contribution in [0.25, 0.3) is 6.08 Å². The van der Waals surface area contributed by atoms with Crippen molar-refractivity contribution < 1.29 is 9.53 Å². The molecule has 0 saturated heterocycles. The molecule has 0 aromatic heterocycles. The average Bonchev–Trinajstić information content (AvgIpc) is 2.59. The fourth-order valence-electron chi connectivity index (χ4n) is 1.98. The number of nitrogens with zero attached hydrogens (tertiary/aromatic N) is 1. The van der Waals surface area contributed by atoms with E-state index in [0.29, 0.717) is 33.1 Å². The van der Waals surface area contributed by atoms with E-state index < -0.39 is 5.91 Å². The van der Waals surface area contributed by atoms with Crippen LogP contribution in [0.4, 0.5) is 5.69 Å². The minimum atomic E-state index is -0.493. The molecule has 6 heteroatoms. The number of benzene rings is 2. The van der Waals surface area contributed by atoms with Crippen LogP contribution in [0.2, 0.25) is 5.02 Å².